The second kappa shape index (κ2) is 8.80. The van der Waals surface area contributed by atoms with Gasteiger partial charge < -0.3 is 29.7 Å². The first-order chi connectivity index (χ1) is 15.5. The summed E-state index contributed by atoms with van der Waals surface area (Å²) in [5.41, 5.74) is 7.66. The number of nitrogen functional groups attached to an aromatic ring is 1. The molecule has 0 amide bonds. The van der Waals surface area contributed by atoms with Gasteiger partial charge in [-0.3, -0.25) is 0 Å². The van der Waals surface area contributed by atoms with Gasteiger partial charge in [0.05, 0.1) is 19.9 Å². The van der Waals surface area contributed by atoms with Crippen LogP contribution in [0.2, 0.25) is 0 Å². The standard InChI is InChI=1S/C22H21N5O5/c1-12-14-10-13(29-2)8-9-16(14)32-19(12)20(28)31-11-18-25-21(23)27-22(26-18)24-15-6-4-5-7-17(15)30-3/h4-10H,11H2,1-3H3,(H3,23,24,25,26,27). The van der Waals surface area contributed by atoms with Gasteiger partial charge in [-0.25, -0.2) is 4.79 Å². The number of para-hydroxylation sites is 2. The molecule has 0 aliphatic heterocycles. The van der Waals surface area contributed by atoms with Crippen LogP contribution in [-0.4, -0.2) is 35.1 Å². The zero-order valence-electron chi connectivity index (χ0n) is 17.7. The molecule has 0 atom stereocenters. The van der Waals surface area contributed by atoms with Gasteiger partial charge in [0, 0.05) is 10.9 Å². The second-order valence-electron chi connectivity index (χ2n) is 6.75. The molecule has 0 saturated heterocycles. The van der Waals surface area contributed by atoms with E-state index in [0.29, 0.717) is 28.3 Å². The molecule has 0 radical (unpaired) electrons. The number of furan rings is 1. The summed E-state index contributed by atoms with van der Waals surface area (Å²) in [5.74, 6) is 1.08. The molecule has 164 valence electrons. The Kier molecular flexibility index (Phi) is 5.75. The molecule has 2 heterocycles. The Morgan fingerprint density at radius 2 is 1.91 bits per heavy atom. The van der Waals surface area contributed by atoms with Crippen molar-refractivity contribution in [2.75, 3.05) is 25.3 Å². The van der Waals surface area contributed by atoms with Crippen LogP contribution in [0, 0.1) is 6.92 Å². The summed E-state index contributed by atoms with van der Waals surface area (Å²) in [7, 11) is 3.13. The van der Waals surface area contributed by atoms with E-state index in [1.165, 1.54) is 0 Å². The third-order valence-corrected chi connectivity index (χ3v) is 4.71. The van der Waals surface area contributed by atoms with Crippen molar-refractivity contribution in [3.05, 3.63) is 59.6 Å². The van der Waals surface area contributed by atoms with Crippen LogP contribution in [0.4, 0.5) is 17.6 Å². The maximum Gasteiger partial charge on any atom is 0.375 e. The summed E-state index contributed by atoms with van der Waals surface area (Å²) in [5, 5.41) is 3.79. The monoisotopic (exact) mass is 435 g/mol. The highest BCUT2D eigenvalue weighted by molar-refractivity contribution is 5.96. The SMILES string of the molecule is COc1ccc2oc(C(=O)OCc3nc(N)nc(Nc4ccccc4OC)n3)c(C)c2c1. The first-order valence-corrected chi connectivity index (χ1v) is 9.63. The number of methoxy groups -OCH3 is 2. The molecule has 3 N–H and O–H groups in total. The Labute approximate surface area is 183 Å². The van der Waals surface area contributed by atoms with Crippen molar-refractivity contribution in [2.24, 2.45) is 0 Å². The van der Waals surface area contributed by atoms with E-state index in [1.807, 2.05) is 12.1 Å². The smallest absolute Gasteiger partial charge is 0.375 e. The van der Waals surface area contributed by atoms with Gasteiger partial charge in [0.15, 0.2) is 12.4 Å². The lowest BCUT2D eigenvalue weighted by Gasteiger charge is -2.10. The topological polar surface area (TPSA) is 135 Å². The average molecular weight is 435 g/mol. The Bertz CT molecular complexity index is 1290. The van der Waals surface area contributed by atoms with Crippen LogP contribution >= 0.6 is 0 Å². The Morgan fingerprint density at radius 1 is 1.09 bits per heavy atom. The van der Waals surface area contributed by atoms with Gasteiger partial charge in [0.25, 0.3) is 0 Å². The number of benzene rings is 2. The highest BCUT2D eigenvalue weighted by atomic mass is 16.5. The molecule has 4 aromatic rings. The van der Waals surface area contributed by atoms with E-state index < -0.39 is 5.97 Å². The number of ether oxygens (including phenoxy) is 3. The summed E-state index contributed by atoms with van der Waals surface area (Å²) in [6, 6.07) is 12.6. The molecule has 0 aliphatic carbocycles. The molecule has 0 bridgehead atoms. The van der Waals surface area contributed by atoms with Gasteiger partial charge >= 0.3 is 5.97 Å². The van der Waals surface area contributed by atoms with Gasteiger partial charge in [-0.15, -0.1) is 0 Å². The fourth-order valence-electron chi connectivity index (χ4n) is 3.14. The number of hydrogen-bond donors (Lipinski definition) is 2. The summed E-state index contributed by atoms with van der Waals surface area (Å²) < 4.78 is 21.6. The number of nitrogens with zero attached hydrogens (tertiary/aromatic N) is 3. The number of nitrogens with two attached hydrogens (primary N) is 1. The largest absolute Gasteiger partial charge is 0.497 e. The molecule has 32 heavy (non-hydrogen) atoms. The highest BCUT2D eigenvalue weighted by Crippen LogP contribution is 2.29. The van der Waals surface area contributed by atoms with E-state index in [1.54, 1.807) is 51.5 Å². The molecule has 0 unspecified atom stereocenters. The van der Waals surface area contributed by atoms with Crippen molar-refractivity contribution in [3.63, 3.8) is 0 Å². The van der Waals surface area contributed by atoms with Gasteiger partial charge in [-0.1, -0.05) is 12.1 Å². The summed E-state index contributed by atoms with van der Waals surface area (Å²) >= 11 is 0. The van der Waals surface area contributed by atoms with E-state index >= 15 is 0 Å². The molecule has 2 aromatic carbocycles. The van der Waals surface area contributed by atoms with Gasteiger partial charge in [0.2, 0.25) is 17.7 Å². The van der Waals surface area contributed by atoms with Crippen molar-refractivity contribution in [1.82, 2.24) is 15.0 Å². The fraction of sp³-hybridized carbons (Fsp3) is 0.182. The zero-order chi connectivity index (χ0) is 22.7. The summed E-state index contributed by atoms with van der Waals surface area (Å²) in [4.78, 5) is 25.0. The molecule has 0 aliphatic rings. The van der Waals surface area contributed by atoms with E-state index in [0.717, 1.165) is 5.39 Å². The molecule has 0 saturated carbocycles. The van der Waals surface area contributed by atoms with Crippen molar-refractivity contribution < 1.29 is 23.4 Å². The fourth-order valence-corrected chi connectivity index (χ4v) is 3.14. The number of nitrogens with one attached hydrogen (secondary N) is 1. The van der Waals surface area contributed by atoms with E-state index in [2.05, 4.69) is 20.3 Å². The van der Waals surface area contributed by atoms with Gasteiger partial charge in [-0.05, 0) is 37.3 Å². The predicted molar refractivity (Wildman–Crippen MR) is 117 cm³/mol. The molecule has 0 fully saturated rings. The van der Waals surface area contributed by atoms with Crippen LogP contribution in [0.25, 0.3) is 11.0 Å². The van der Waals surface area contributed by atoms with Crippen LogP contribution in [-0.2, 0) is 11.3 Å². The number of fused-ring (bicyclic) bond motifs is 1. The lowest BCUT2D eigenvalue weighted by Crippen LogP contribution is -2.11. The maximum absolute atomic E-state index is 12.6. The lowest BCUT2D eigenvalue weighted by atomic mass is 10.1. The molecule has 4 rings (SSSR count). The first-order valence-electron chi connectivity index (χ1n) is 9.63. The summed E-state index contributed by atoms with van der Waals surface area (Å²) in [6.45, 7) is 1.56. The van der Waals surface area contributed by atoms with Gasteiger partial charge in [0.1, 0.15) is 17.1 Å². The number of aromatic nitrogens is 3. The Morgan fingerprint density at radius 3 is 2.69 bits per heavy atom. The minimum atomic E-state index is -0.643. The van der Waals surface area contributed by atoms with E-state index in [4.69, 9.17) is 24.4 Å². The minimum absolute atomic E-state index is 0.0181. The van der Waals surface area contributed by atoms with Crippen LogP contribution in [0.3, 0.4) is 0 Å². The molecule has 10 nitrogen and oxygen atoms in total. The van der Waals surface area contributed by atoms with Crippen molar-refractivity contribution >= 4 is 34.5 Å². The van der Waals surface area contributed by atoms with Crippen molar-refractivity contribution in [2.45, 2.75) is 13.5 Å². The van der Waals surface area contributed by atoms with Gasteiger partial charge in [-0.2, -0.15) is 15.0 Å². The number of anilines is 3. The van der Waals surface area contributed by atoms with E-state index in [-0.39, 0.29) is 30.1 Å². The molecular weight excluding hydrogens is 414 g/mol. The minimum Gasteiger partial charge on any atom is -0.497 e. The quantitative estimate of drug-likeness (QED) is 0.414. The van der Waals surface area contributed by atoms with Crippen LogP contribution in [0.15, 0.2) is 46.9 Å². The molecular formula is C22H21N5O5. The summed E-state index contributed by atoms with van der Waals surface area (Å²) in [6.07, 6.45) is 0. The zero-order valence-corrected chi connectivity index (χ0v) is 17.7. The van der Waals surface area contributed by atoms with Crippen LogP contribution in [0.5, 0.6) is 11.5 Å². The molecule has 0 spiro atoms. The number of esters is 1. The second-order valence-corrected chi connectivity index (χ2v) is 6.75. The highest BCUT2D eigenvalue weighted by Gasteiger charge is 2.20. The third kappa shape index (κ3) is 4.24. The molecule has 2 aromatic heterocycles. The number of carbonyl (C=O) groups excluding carboxylic acids is 1. The predicted octanol–water partition coefficient (Wildman–Crippen LogP) is 3.63. The van der Waals surface area contributed by atoms with Crippen LogP contribution in [0.1, 0.15) is 21.9 Å². The van der Waals surface area contributed by atoms with Crippen molar-refractivity contribution in [3.8, 4) is 11.5 Å². The Balaban J connectivity index is 1.51. The Hall–Kier alpha value is -4.34. The number of aryl methyl sites for hydroxylation is 1. The first kappa shape index (κ1) is 20.9. The van der Waals surface area contributed by atoms with E-state index in [9.17, 15) is 4.79 Å². The number of carbonyl (C=O) groups is 1. The lowest BCUT2D eigenvalue weighted by molar-refractivity contribution is 0.0427. The normalized spacial score (nSPS) is 10.7. The number of rotatable bonds is 7. The van der Waals surface area contributed by atoms with Crippen molar-refractivity contribution in [1.29, 1.82) is 0 Å². The average Bonchev–Trinajstić information content (AvgIpc) is 3.13. The number of hydrogen-bond acceptors (Lipinski definition) is 10. The maximum atomic E-state index is 12.6. The van der Waals surface area contributed by atoms with Crippen LogP contribution < -0.4 is 20.5 Å². The third-order valence-electron chi connectivity index (χ3n) is 4.71. The molecule has 10 heteroatoms.